The number of halogens is 3. The third-order valence-corrected chi connectivity index (χ3v) is 3.23. The molecule has 2 rings (SSSR count). The quantitative estimate of drug-likeness (QED) is 0.846. The lowest BCUT2D eigenvalue weighted by Gasteiger charge is -2.09. The lowest BCUT2D eigenvalue weighted by atomic mass is 10.1. The molecule has 0 fully saturated rings. The second-order valence-corrected chi connectivity index (χ2v) is 4.54. The van der Waals surface area contributed by atoms with E-state index < -0.39 is 17.3 Å². The van der Waals surface area contributed by atoms with Crippen LogP contribution >= 0.6 is 11.8 Å². The molecule has 0 saturated carbocycles. The zero-order chi connectivity index (χ0) is 14.0. The van der Waals surface area contributed by atoms with Gasteiger partial charge in [0, 0.05) is 11.9 Å². The van der Waals surface area contributed by atoms with Crippen molar-refractivity contribution in [2.45, 2.75) is 16.2 Å². The Labute approximate surface area is 110 Å². The van der Waals surface area contributed by atoms with Crippen molar-refractivity contribution < 1.29 is 13.2 Å². The van der Waals surface area contributed by atoms with Crippen molar-refractivity contribution in [1.29, 1.82) is 5.26 Å². The first-order valence-corrected chi connectivity index (χ1v) is 5.75. The molecule has 0 atom stereocenters. The second-order valence-electron chi connectivity index (χ2n) is 3.50. The Morgan fingerprint density at radius 2 is 2.11 bits per heavy atom. The van der Waals surface area contributed by atoms with E-state index in [-0.39, 0.29) is 0 Å². The van der Waals surface area contributed by atoms with Gasteiger partial charge in [0.25, 0.3) is 0 Å². The molecule has 0 spiro atoms. The number of hydrogen-bond acceptors (Lipinski definition) is 5. The first-order valence-electron chi connectivity index (χ1n) is 4.93. The zero-order valence-corrected chi connectivity index (χ0v) is 10.3. The van der Waals surface area contributed by atoms with Crippen LogP contribution in [0.2, 0.25) is 0 Å². The molecule has 98 valence electrons. The van der Waals surface area contributed by atoms with Crippen LogP contribution in [0.3, 0.4) is 0 Å². The molecule has 0 aliphatic heterocycles. The Morgan fingerprint density at radius 3 is 2.63 bits per heavy atom. The fourth-order valence-corrected chi connectivity index (χ4v) is 2.11. The van der Waals surface area contributed by atoms with Gasteiger partial charge in [0.15, 0.2) is 0 Å². The molecule has 0 aliphatic rings. The van der Waals surface area contributed by atoms with Crippen LogP contribution in [0.15, 0.2) is 28.3 Å². The van der Waals surface area contributed by atoms with Crippen molar-refractivity contribution >= 4 is 11.8 Å². The smallest absolute Gasteiger partial charge is 0.223 e. The molecule has 1 aromatic carbocycles. The summed E-state index contributed by atoms with van der Waals surface area (Å²) in [6.07, 6.45) is -4.54. The highest BCUT2D eigenvalue weighted by atomic mass is 32.2. The van der Waals surface area contributed by atoms with Crippen molar-refractivity contribution in [2.24, 2.45) is 7.05 Å². The first kappa shape index (κ1) is 13.4. The lowest BCUT2D eigenvalue weighted by molar-refractivity contribution is -0.137. The minimum atomic E-state index is -4.54. The fourth-order valence-electron chi connectivity index (χ4n) is 1.34. The van der Waals surface area contributed by atoms with Crippen molar-refractivity contribution in [3.05, 3.63) is 29.3 Å². The van der Waals surface area contributed by atoms with Crippen LogP contribution in [0.25, 0.3) is 0 Å². The monoisotopic (exact) mass is 285 g/mol. The van der Waals surface area contributed by atoms with Gasteiger partial charge in [0.2, 0.25) is 5.16 Å². The van der Waals surface area contributed by atoms with E-state index in [0.29, 0.717) is 10.1 Å². The summed E-state index contributed by atoms with van der Waals surface area (Å²) in [4.78, 5) is 0.461. The number of aryl methyl sites for hydroxylation is 1. The lowest BCUT2D eigenvalue weighted by Crippen LogP contribution is -2.07. The van der Waals surface area contributed by atoms with Gasteiger partial charge in [0.1, 0.15) is 0 Å². The summed E-state index contributed by atoms with van der Waals surface area (Å²) in [5.74, 6) is 0. The average molecular weight is 285 g/mol. The summed E-state index contributed by atoms with van der Waals surface area (Å²) in [6, 6.07) is 4.87. The van der Waals surface area contributed by atoms with Gasteiger partial charge in [-0.1, -0.05) is 0 Å². The summed E-state index contributed by atoms with van der Waals surface area (Å²) in [7, 11) is 1.61. The van der Waals surface area contributed by atoms with E-state index in [1.807, 2.05) is 0 Å². The molecule has 0 N–H and O–H groups in total. The molecule has 1 aromatic heterocycles. The molecule has 0 bridgehead atoms. The molecule has 5 nitrogen and oxygen atoms in total. The van der Waals surface area contributed by atoms with E-state index in [4.69, 9.17) is 5.26 Å². The number of nitriles is 1. The average Bonchev–Trinajstić information content (AvgIpc) is 2.73. The van der Waals surface area contributed by atoms with Gasteiger partial charge in [-0.3, -0.25) is 0 Å². The fraction of sp³-hybridized carbons (Fsp3) is 0.200. The largest absolute Gasteiger partial charge is 0.417 e. The van der Waals surface area contributed by atoms with E-state index >= 15 is 0 Å². The Balaban J connectivity index is 2.36. The number of hydrogen-bond donors (Lipinski definition) is 0. The number of benzene rings is 1. The van der Waals surface area contributed by atoms with E-state index in [2.05, 4.69) is 15.5 Å². The highest BCUT2D eigenvalue weighted by Crippen LogP contribution is 2.34. The van der Waals surface area contributed by atoms with Gasteiger partial charge in [-0.05, 0) is 40.4 Å². The maximum Gasteiger partial charge on any atom is 0.417 e. The van der Waals surface area contributed by atoms with Crippen molar-refractivity contribution in [2.75, 3.05) is 0 Å². The molecule has 0 radical (unpaired) electrons. The summed E-state index contributed by atoms with van der Waals surface area (Å²) in [5, 5.41) is 19.9. The number of alkyl halides is 3. The topological polar surface area (TPSA) is 67.4 Å². The van der Waals surface area contributed by atoms with Crippen molar-refractivity contribution in [3.63, 3.8) is 0 Å². The van der Waals surface area contributed by atoms with Gasteiger partial charge >= 0.3 is 6.18 Å². The zero-order valence-electron chi connectivity index (χ0n) is 9.51. The molecule has 0 amide bonds. The van der Waals surface area contributed by atoms with Crippen LogP contribution in [0, 0.1) is 11.3 Å². The maximum atomic E-state index is 12.6. The molecule has 19 heavy (non-hydrogen) atoms. The maximum absolute atomic E-state index is 12.6. The van der Waals surface area contributed by atoms with Crippen molar-refractivity contribution in [3.8, 4) is 6.07 Å². The minimum Gasteiger partial charge on any atom is -0.223 e. The molecule has 9 heteroatoms. The van der Waals surface area contributed by atoms with Crippen LogP contribution in [0.4, 0.5) is 13.2 Å². The normalized spacial score (nSPS) is 11.3. The van der Waals surface area contributed by atoms with E-state index in [9.17, 15) is 13.2 Å². The third-order valence-electron chi connectivity index (χ3n) is 2.21. The molecule has 0 saturated heterocycles. The third kappa shape index (κ3) is 2.85. The predicted octanol–water partition coefficient (Wildman–Crippen LogP) is 2.25. The Bertz CT molecular complexity index is 643. The Kier molecular flexibility index (Phi) is 3.44. The first-order chi connectivity index (χ1) is 8.91. The highest BCUT2D eigenvalue weighted by molar-refractivity contribution is 7.99. The summed E-state index contributed by atoms with van der Waals surface area (Å²) >= 11 is 1.08. The van der Waals surface area contributed by atoms with E-state index in [1.54, 1.807) is 13.1 Å². The van der Waals surface area contributed by atoms with Crippen LogP contribution in [0.1, 0.15) is 11.1 Å². The predicted molar refractivity (Wildman–Crippen MR) is 59.1 cm³/mol. The van der Waals surface area contributed by atoms with E-state index in [0.717, 1.165) is 17.8 Å². The molecule has 2 aromatic rings. The van der Waals surface area contributed by atoms with Crippen LogP contribution in [-0.2, 0) is 13.2 Å². The molecule has 1 heterocycles. The van der Waals surface area contributed by atoms with Gasteiger partial charge in [-0.2, -0.15) is 18.4 Å². The second kappa shape index (κ2) is 4.89. The number of tetrazole rings is 1. The van der Waals surface area contributed by atoms with Crippen LogP contribution in [-0.4, -0.2) is 20.2 Å². The summed E-state index contributed by atoms with van der Waals surface area (Å²) < 4.78 is 39.2. The Morgan fingerprint density at radius 1 is 1.37 bits per heavy atom. The SMILES string of the molecule is Cn1nnnc1Sc1ccc(C(F)(F)F)c(C#N)c1. The van der Waals surface area contributed by atoms with E-state index in [1.165, 1.54) is 16.8 Å². The van der Waals surface area contributed by atoms with Gasteiger partial charge in [0.05, 0.1) is 17.2 Å². The minimum absolute atomic E-state index is 0.420. The molecular weight excluding hydrogens is 279 g/mol. The standard InChI is InChI=1S/C10H6F3N5S/c1-18-9(15-16-17-18)19-7-2-3-8(10(11,12)13)6(4-7)5-14/h2-4H,1H3. The Hall–Kier alpha value is -2.08. The van der Waals surface area contributed by atoms with Gasteiger partial charge in [-0.15, -0.1) is 5.10 Å². The highest BCUT2D eigenvalue weighted by Gasteiger charge is 2.33. The number of nitrogens with zero attached hydrogens (tertiary/aromatic N) is 5. The molecule has 0 unspecified atom stereocenters. The van der Waals surface area contributed by atoms with Gasteiger partial charge in [-0.25, -0.2) is 4.68 Å². The van der Waals surface area contributed by atoms with Crippen molar-refractivity contribution in [1.82, 2.24) is 20.2 Å². The van der Waals surface area contributed by atoms with Gasteiger partial charge < -0.3 is 0 Å². The summed E-state index contributed by atoms with van der Waals surface area (Å²) in [6.45, 7) is 0. The summed E-state index contributed by atoms with van der Waals surface area (Å²) in [5.41, 5.74) is -1.37. The van der Waals surface area contributed by atoms with Crippen LogP contribution in [0.5, 0.6) is 0 Å². The van der Waals surface area contributed by atoms with Crippen LogP contribution < -0.4 is 0 Å². The number of rotatable bonds is 2. The molecular formula is C10H6F3N5S. The number of aromatic nitrogens is 4. The molecule has 0 aliphatic carbocycles.